The summed E-state index contributed by atoms with van der Waals surface area (Å²) in [5.74, 6) is -0.587. The van der Waals surface area contributed by atoms with Crippen LogP contribution in [0.15, 0.2) is 29.2 Å². The molecule has 7 nitrogen and oxygen atoms in total. The van der Waals surface area contributed by atoms with Crippen molar-refractivity contribution in [3.05, 3.63) is 56.1 Å². The molecule has 0 saturated heterocycles. The molecule has 2 N–H and O–H groups in total. The first-order chi connectivity index (χ1) is 12.2. The number of phenolic OH excluding ortho intramolecular Hbond substituents is 1. The summed E-state index contributed by atoms with van der Waals surface area (Å²) >= 11 is 5.82. The Hall–Kier alpha value is -2.32. The molecule has 0 aromatic heterocycles. The number of rotatable bonds is 4. The Morgan fingerprint density at radius 3 is 2.07 bits per heavy atom. The highest BCUT2D eigenvalue weighted by molar-refractivity contribution is 7.92. The van der Waals surface area contributed by atoms with Crippen LogP contribution in [0.3, 0.4) is 0 Å². The highest BCUT2D eigenvalue weighted by atomic mass is 35.5. The molecule has 146 valence electrons. The summed E-state index contributed by atoms with van der Waals surface area (Å²) in [7, 11) is -4.05. The van der Waals surface area contributed by atoms with Crippen LogP contribution in [0, 0.1) is 24.0 Å². The normalized spacial score (nSPS) is 12.1. The van der Waals surface area contributed by atoms with E-state index in [1.807, 2.05) is 32.9 Å². The molecule has 0 unspecified atom stereocenters. The molecule has 0 spiro atoms. The first kappa shape index (κ1) is 21.0. The molecule has 0 saturated carbocycles. The number of benzene rings is 2. The molecule has 27 heavy (non-hydrogen) atoms. The lowest BCUT2D eigenvalue weighted by molar-refractivity contribution is -0.384. The fourth-order valence-corrected chi connectivity index (χ4v) is 4.53. The van der Waals surface area contributed by atoms with Gasteiger partial charge >= 0.3 is 0 Å². The Balaban J connectivity index is 2.53. The van der Waals surface area contributed by atoms with E-state index in [0.29, 0.717) is 11.1 Å². The molecular weight excluding hydrogens is 392 g/mol. The van der Waals surface area contributed by atoms with Crippen molar-refractivity contribution in [3.8, 4) is 5.75 Å². The van der Waals surface area contributed by atoms with Crippen molar-refractivity contribution in [2.24, 2.45) is 0 Å². The van der Waals surface area contributed by atoms with Crippen molar-refractivity contribution in [3.63, 3.8) is 0 Å². The van der Waals surface area contributed by atoms with Gasteiger partial charge in [0.2, 0.25) is 0 Å². The molecule has 0 aliphatic rings. The Bertz CT molecular complexity index is 1000. The first-order valence-electron chi connectivity index (χ1n) is 8.05. The van der Waals surface area contributed by atoms with E-state index in [2.05, 4.69) is 4.72 Å². The van der Waals surface area contributed by atoms with Crippen molar-refractivity contribution >= 4 is 33.0 Å². The Labute approximate surface area is 163 Å². The maximum absolute atomic E-state index is 12.9. The molecule has 0 atom stereocenters. The second-order valence-corrected chi connectivity index (χ2v) is 9.40. The van der Waals surface area contributed by atoms with Gasteiger partial charge in [-0.05, 0) is 42.0 Å². The van der Waals surface area contributed by atoms with Crippen molar-refractivity contribution < 1.29 is 18.4 Å². The molecule has 2 rings (SSSR count). The number of nitrogens with zero attached hydrogens (tertiary/aromatic N) is 1. The van der Waals surface area contributed by atoms with E-state index in [4.69, 9.17) is 11.6 Å². The zero-order valence-corrected chi connectivity index (χ0v) is 17.2. The molecule has 9 heteroatoms. The van der Waals surface area contributed by atoms with Crippen molar-refractivity contribution in [2.45, 2.75) is 44.9 Å². The highest BCUT2D eigenvalue weighted by Crippen LogP contribution is 2.37. The summed E-state index contributed by atoms with van der Waals surface area (Å²) in [5, 5.41) is 20.6. The minimum absolute atomic E-state index is 0.0874. The second-order valence-electron chi connectivity index (χ2n) is 7.37. The second kappa shape index (κ2) is 7.01. The van der Waals surface area contributed by atoms with E-state index in [0.717, 1.165) is 17.7 Å². The van der Waals surface area contributed by atoms with Gasteiger partial charge in [-0.3, -0.25) is 14.8 Å². The van der Waals surface area contributed by atoms with Crippen molar-refractivity contribution in [1.82, 2.24) is 0 Å². The van der Waals surface area contributed by atoms with Gasteiger partial charge in [0.25, 0.3) is 15.7 Å². The molecule has 2 aromatic carbocycles. The Morgan fingerprint density at radius 2 is 1.63 bits per heavy atom. The van der Waals surface area contributed by atoms with Gasteiger partial charge in [0.15, 0.2) is 0 Å². The molecule has 2 aromatic rings. The number of nitro groups is 1. The number of halogens is 1. The molecule has 0 fully saturated rings. The van der Waals surface area contributed by atoms with Gasteiger partial charge in [0.1, 0.15) is 10.8 Å². The molecule has 0 bridgehead atoms. The molecule has 0 amide bonds. The van der Waals surface area contributed by atoms with E-state index in [9.17, 15) is 23.6 Å². The number of nitro benzene ring substituents is 1. The average Bonchev–Trinajstić information content (AvgIpc) is 2.48. The minimum atomic E-state index is -4.05. The number of aromatic hydroxyl groups is 1. The topological polar surface area (TPSA) is 110 Å². The number of hydrogen-bond acceptors (Lipinski definition) is 5. The van der Waals surface area contributed by atoms with Gasteiger partial charge in [-0.2, -0.15) is 0 Å². The van der Waals surface area contributed by atoms with Crippen LogP contribution in [-0.2, 0) is 15.4 Å². The van der Waals surface area contributed by atoms with Gasteiger partial charge in [0.05, 0.1) is 21.6 Å². The lowest BCUT2D eigenvalue weighted by atomic mass is 9.85. The summed E-state index contributed by atoms with van der Waals surface area (Å²) in [6, 6.07) is 5.44. The highest BCUT2D eigenvalue weighted by Gasteiger charge is 2.25. The largest absolute Gasteiger partial charge is 0.505 e. The molecule has 0 aliphatic heterocycles. The number of anilines is 1. The number of aryl methyl sites for hydroxylation is 2. The van der Waals surface area contributed by atoms with Crippen LogP contribution in [0.4, 0.5) is 11.4 Å². The van der Waals surface area contributed by atoms with Crippen LogP contribution in [0.2, 0.25) is 5.02 Å². The van der Waals surface area contributed by atoms with E-state index < -0.39 is 26.4 Å². The SMILES string of the molecule is Cc1cc(C(C)(C)C)cc(C)c1S(=O)(=O)Nc1cc(Cl)c([N+](=O)[O-])cc1O. The predicted octanol–water partition coefficient (Wildman–Crippen LogP) is 4.67. The van der Waals surface area contributed by atoms with Crippen LogP contribution in [-0.4, -0.2) is 18.4 Å². The van der Waals surface area contributed by atoms with Crippen molar-refractivity contribution in [2.75, 3.05) is 4.72 Å². The third-order valence-corrected chi connectivity index (χ3v) is 6.07. The fourth-order valence-electron chi connectivity index (χ4n) is 2.78. The Kier molecular flexibility index (Phi) is 5.45. The van der Waals surface area contributed by atoms with Crippen LogP contribution in [0.25, 0.3) is 0 Å². The van der Waals surface area contributed by atoms with Crippen LogP contribution in [0.1, 0.15) is 37.5 Å². The molecule has 0 aliphatic carbocycles. The molecule has 0 radical (unpaired) electrons. The summed E-state index contributed by atoms with van der Waals surface area (Å²) in [6.45, 7) is 9.48. The quantitative estimate of drug-likeness (QED) is 0.430. The molecular formula is C18H21ClN2O5S. The van der Waals surface area contributed by atoms with Crippen LogP contribution in [0.5, 0.6) is 5.75 Å². The minimum Gasteiger partial charge on any atom is -0.505 e. The molecule has 0 heterocycles. The first-order valence-corrected chi connectivity index (χ1v) is 9.91. The van der Waals surface area contributed by atoms with Gasteiger partial charge in [-0.1, -0.05) is 44.5 Å². The number of hydrogen-bond donors (Lipinski definition) is 2. The number of sulfonamides is 1. The summed E-state index contributed by atoms with van der Waals surface area (Å²) in [6.07, 6.45) is 0. The zero-order valence-electron chi connectivity index (χ0n) is 15.6. The third kappa shape index (κ3) is 4.33. The van der Waals surface area contributed by atoms with E-state index >= 15 is 0 Å². The van der Waals surface area contributed by atoms with Crippen molar-refractivity contribution in [1.29, 1.82) is 0 Å². The van der Waals surface area contributed by atoms with Gasteiger partial charge in [-0.25, -0.2) is 8.42 Å². The summed E-state index contributed by atoms with van der Waals surface area (Å²) in [5.41, 5.74) is 1.22. The van der Waals surface area contributed by atoms with Gasteiger partial charge in [0, 0.05) is 0 Å². The predicted molar refractivity (Wildman–Crippen MR) is 105 cm³/mol. The number of phenols is 1. The van der Waals surface area contributed by atoms with Crippen LogP contribution >= 0.6 is 11.6 Å². The maximum atomic E-state index is 12.9. The number of nitrogens with one attached hydrogen (secondary N) is 1. The van der Waals surface area contributed by atoms with Gasteiger partial charge < -0.3 is 5.11 Å². The standard InChI is InChI=1S/C18H21ClN2O5S/c1-10-6-12(18(3,4)5)7-11(2)17(10)27(25,26)20-14-8-13(19)15(21(23)24)9-16(14)22/h6-9,20,22H,1-5H3. The maximum Gasteiger partial charge on any atom is 0.291 e. The zero-order chi connectivity index (χ0) is 20.7. The van der Waals surface area contributed by atoms with Crippen LogP contribution < -0.4 is 4.72 Å². The summed E-state index contributed by atoms with van der Waals surface area (Å²) < 4.78 is 28.0. The average molecular weight is 413 g/mol. The van der Waals surface area contributed by atoms with E-state index in [-0.39, 0.29) is 21.0 Å². The lowest BCUT2D eigenvalue weighted by Gasteiger charge is -2.22. The third-order valence-electron chi connectivity index (χ3n) is 4.10. The lowest BCUT2D eigenvalue weighted by Crippen LogP contribution is -2.18. The van der Waals surface area contributed by atoms with Gasteiger partial charge in [-0.15, -0.1) is 0 Å². The summed E-state index contributed by atoms with van der Waals surface area (Å²) in [4.78, 5) is 10.2. The van der Waals surface area contributed by atoms with E-state index in [1.165, 1.54) is 0 Å². The Morgan fingerprint density at radius 1 is 1.11 bits per heavy atom. The monoisotopic (exact) mass is 412 g/mol. The fraction of sp³-hybridized carbons (Fsp3) is 0.333. The smallest absolute Gasteiger partial charge is 0.291 e. The van der Waals surface area contributed by atoms with E-state index in [1.54, 1.807) is 13.8 Å².